The van der Waals surface area contributed by atoms with Crippen LogP contribution in [0.1, 0.15) is 44.1 Å². The number of nitrogens with one attached hydrogen (secondary N) is 2. The number of piperidine rings is 1. The molecule has 3 rings (SSSR count). The van der Waals surface area contributed by atoms with Crippen molar-refractivity contribution in [3.05, 3.63) is 35.9 Å². The lowest BCUT2D eigenvalue weighted by Crippen LogP contribution is -2.50. The summed E-state index contributed by atoms with van der Waals surface area (Å²) in [6.07, 6.45) is 7.13. The molecule has 0 bridgehead atoms. The van der Waals surface area contributed by atoms with Gasteiger partial charge in [-0.15, -0.1) is 24.0 Å². The summed E-state index contributed by atoms with van der Waals surface area (Å²) in [4.78, 5) is 20.6. The fourth-order valence-corrected chi connectivity index (χ4v) is 3.95. The Kier molecular flexibility index (Phi) is 10.2. The summed E-state index contributed by atoms with van der Waals surface area (Å²) in [5.74, 6) is 0.841. The maximum absolute atomic E-state index is 11.9. The zero-order valence-electron chi connectivity index (χ0n) is 17.8. The first kappa shape index (κ1) is 23.9. The second kappa shape index (κ2) is 12.4. The highest BCUT2D eigenvalue weighted by Crippen LogP contribution is 2.18. The molecule has 1 amide bonds. The molecule has 1 aliphatic heterocycles. The first-order valence-corrected chi connectivity index (χ1v) is 10.6. The van der Waals surface area contributed by atoms with E-state index in [0.29, 0.717) is 12.1 Å². The van der Waals surface area contributed by atoms with E-state index in [1.54, 1.807) is 19.0 Å². The summed E-state index contributed by atoms with van der Waals surface area (Å²) in [5.41, 5.74) is 1.38. The highest BCUT2D eigenvalue weighted by Gasteiger charge is 2.22. The molecule has 1 aromatic carbocycles. The van der Waals surface area contributed by atoms with Gasteiger partial charge in [0.05, 0.1) is 0 Å². The molecule has 162 valence electrons. The van der Waals surface area contributed by atoms with Crippen molar-refractivity contribution in [1.82, 2.24) is 20.4 Å². The lowest BCUT2D eigenvalue weighted by atomic mass is 10.0. The minimum absolute atomic E-state index is 0. The standard InChI is InChI=1S/C22H35N5O.HI/c1-26(2)21(28)16-23-22(24-19-10-6-7-11-19)25-20-12-14-27(15-13-20)17-18-8-4-3-5-9-18;/h3-5,8-9,19-20H,6-7,10-17H2,1-2H3,(H2,23,24,25);1H. The SMILES string of the molecule is CN(C)C(=O)CN=C(NC1CCCC1)NC1CCN(Cc2ccccc2)CC1.I. The van der Waals surface area contributed by atoms with Crippen LogP contribution in [0, 0.1) is 0 Å². The summed E-state index contributed by atoms with van der Waals surface area (Å²) >= 11 is 0. The van der Waals surface area contributed by atoms with E-state index < -0.39 is 0 Å². The largest absolute Gasteiger partial charge is 0.354 e. The second-order valence-electron chi connectivity index (χ2n) is 8.26. The van der Waals surface area contributed by atoms with Crippen LogP contribution in [-0.4, -0.2) is 67.5 Å². The maximum atomic E-state index is 11.9. The van der Waals surface area contributed by atoms with Crippen molar-refractivity contribution in [1.29, 1.82) is 0 Å². The molecule has 1 aliphatic carbocycles. The Hall–Kier alpha value is -1.35. The predicted molar refractivity (Wildman–Crippen MR) is 130 cm³/mol. The molecule has 6 nitrogen and oxygen atoms in total. The van der Waals surface area contributed by atoms with Gasteiger partial charge in [0.25, 0.3) is 0 Å². The number of likely N-dealkylation sites (N-methyl/N-ethyl adjacent to an activating group) is 1. The van der Waals surface area contributed by atoms with Crippen molar-refractivity contribution >= 4 is 35.8 Å². The maximum Gasteiger partial charge on any atom is 0.243 e. The minimum atomic E-state index is 0. The lowest BCUT2D eigenvalue weighted by Gasteiger charge is -2.33. The second-order valence-corrected chi connectivity index (χ2v) is 8.26. The van der Waals surface area contributed by atoms with Gasteiger partial charge >= 0.3 is 0 Å². The van der Waals surface area contributed by atoms with Gasteiger partial charge in [-0.1, -0.05) is 43.2 Å². The van der Waals surface area contributed by atoms with Gasteiger partial charge in [-0.05, 0) is 31.2 Å². The van der Waals surface area contributed by atoms with Crippen molar-refractivity contribution in [2.45, 2.75) is 57.2 Å². The number of hydrogen-bond acceptors (Lipinski definition) is 3. The predicted octanol–water partition coefficient (Wildman–Crippen LogP) is 2.84. The first-order chi connectivity index (χ1) is 13.6. The Morgan fingerprint density at radius 1 is 1.03 bits per heavy atom. The number of guanidine groups is 1. The Bertz CT molecular complexity index is 638. The smallest absolute Gasteiger partial charge is 0.243 e. The van der Waals surface area contributed by atoms with Gasteiger partial charge < -0.3 is 15.5 Å². The number of benzene rings is 1. The summed E-state index contributed by atoms with van der Waals surface area (Å²) in [7, 11) is 3.55. The van der Waals surface area contributed by atoms with Gasteiger partial charge in [0.1, 0.15) is 6.54 Å². The average molecular weight is 513 g/mol. The molecule has 1 aromatic rings. The zero-order chi connectivity index (χ0) is 19.8. The van der Waals surface area contributed by atoms with Crippen molar-refractivity contribution < 1.29 is 4.79 Å². The molecule has 0 unspecified atom stereocenters. The third-order valence-electron chi connectivity index (χ3n) is 5.74. The number of aliphatic imine (C=N–C) groups is 1. The van der Waals surface area contributed by atoms with E-state index in [9.17, 15) is 4.79 Å². The molecular weight excluding hydrogens is 477 g/mol. The highest BCUT2D eigenvalue weighted by molar-refractivity contribution is 14.0. The Morgan fingerprint density at radius 2 is 1.62 bits per heavy atom. The molecule has 0 atom stereocenters. The normalized spacial score (nSPS) is 18.9. The monoisotopic (exact) mass is 513 g/mol. The summed E-state index contributed by atoms with van der Waals surface area (Å²) in [6.45, 7) is 3.38. The minimum Gasteiger partial charge on any atom is -0.354 e. The van der Waals surface area contributed by atoms with Crippen LogP contribution >= 0.6 is 24.0 Å². The van der Waals surface area contributed by atoms with Crippen molar-refractivity contribution in [2.24, 2.45) is 4.99 Å². The summed E-state index contributed by atoms with van der Waals surface area (Å²) in [6, 6.07) is 11.6. The van der Waals surface area contributed by atoms with Gasteiger partial charge in [-0.25, -0.2) is 4.99 Å². The van der Waals surface area contributed by atoms with Crippen molar-refractivity contribution in [3.8, 4) is 0 Å². The molecule has 0 radical (unpaired) electrons. The number of halogens is 1. The molecule has 2 N–H and O–H groups in total. The molecule has 2 fully saturated rings. The molecule has 1 saturated heterocycles. The molecule has 1 heterocycles. The van der Waals surface area contributed by atoms with E-state index in [0.717, 1.165) is 38.4 Å². The van der Waals surface area contributed by atoms with Crippen LogP contribution in [0.5, 0.6) is 0 Å². The van der Waals surface area contributed by atoms with Gasteiger partial charge in [-0.3, -0.25) is 9.69 Å². The van der Waals surface area contributed by atoms with Gasteiger partial charge in [0.2, 0.25) is 5.91 Å². The van der Waals surface area contributed by atoms with E-state index in [4.69, 9.17) is 0 Å². The zero-order valence-corrected chi connectivity index (χ0v) is 20.1. The number of hydrogen-bond donors (Lipinski definition) is 2. The van der Waals surface area contributed by atoms with Gasteiger partial charge in [-0.2, -0.15) is 0 Å². The topological polar surface area (TPSA) is 60.0 Å². The number of carbonyl (C=O) groups is 1. The van der Waals surface area contributed by atoms with E-state index in [2.05, 4.69) is 50.9 Å². The Labute approximate surface area is 192 Å². The van der Waals surface area contributed by atoms with Crippen LogP contribution in [0.4, 0.5) is 0 Å². The fourth-order valence-electron chi connectivity index (χ4n) is 3.95. The Balaban J connectivity index is 0.00000300. The summed E-state index contributed by atoms with van der Waals surface area (Å²) in [5, 5.41) is 7.17. The number of carbonyl (C=O) groups excluding carboxylic acids is 1. The average Bonchev–Trinajstić information content (AvgIpc) is 3.21. The number of likely N-dealkylation sites (tertiary alicyclic amines) is 1. The van der Waals surface area contributed by atoms with Crippen molar-refractivity contribution in [3.63, 3.8) is 0 Å². The lowest BCUT2D eigenvalue weighted by molar-refractivity contribution is -0.127. The van der Waals surface area contributed by atoms with E-state index >= 15 is 0 Å². The van der Waals surface area contributed by atoms with Crippen LogP contribution in [0.2, 0.25) is 0 Å². The van der Waals surface area contributed by atoms with Crippen LogP contribution < -0.4 is 10.6 Å². The first-order valence-electron chi connectivity index (χ1n) is 10.6. The van der Waals surface area contributed by atoms with Gasteiger partial charge in [0, 0.05) is 45.8 Å². The molecule has 0 aromatic heterocycles. The third-order valence-corrected chi connectivity index (χ3v) is 5.74. The van der Waals surface area contributed by atoms with E-state index in [1.165, 1.54) is 31.2 Å². The van der Waals surface area contributed by atoms with Crippen LogP contribution in [0.3, 0.4) is 0 Å². The number of amides is 1. The summed E-state index contributed by atoms with van der Waals surface area (Å²) < 4.78 is 0. The fraction of sp³-hybridized carbons (Fsp3) is 0.636. The van der Waals surface area contributed by atoms with E-state index in [1.807, 2.05) is 0 Å². The van der Waals surface area contributed by atoms with Crippen LogP contribution in [0.25, 0.3) is 0 Å². The number of rotatable bonds is 6. The highest BCUT2D eigenvalue weighted by atomic mass is 127. The molecule has 1 saturated carbocycles. The quantitative estimate of drug-likeness (QED) is 0.349. The molecular formula is C22H36IN5O. The van der Waals surface area contributed by atoms with Gasteiger partial charge in [0.15, 0.2) is 5.96 Å². The third kappa shape index (κ3) is 8.12. The number of nitrogens with zero attached hydrogens (tertiary/aromatic N) is 3. The molecule has 29 heavy (non-hydrogen) atoms. The Morgan fingerprint density at radius 3 is 2.21 bits per heavy atom. The van der Waals surface area contributed by atoms with E-state index in [-0.39, 0.29) is 36.4 Å². The van der Waals surface area contributed by atoms with Crippen molar-refractivity contribution in [2.75, 3.05) is 33.7 Å². The van der Waals surface area contributed by atoms with Crippen LogP contribution in [0.15, 0.2) is 35.3 Å². The molecule has 0 spiro atoms. The molecule has 2 aliphatic rings. The molecule has 7 heteroatoms. The van der Waals surface area contributed by atoms with Crippen LogP contribution in [-0.2, 0) is 11.3 Å².